The summed E-state index contributed by atoms with van der Waals surface area (Å²) in [5.41, 5.74) is 0.157. The van der Waals surface area contributed by atoms with Crippen molar-refractivity contribution in [1.82, 2.24) is 9.97 Å². The topological polar surface area (TPSA) is 59.1 Å². The van der Waals surface area contributed by atoms with Gasteiger partial charge in [0.15, 0.2) is 11.6 Å². The van der Waals surface area contributed by atoms with Crippen molar-refractivity contribution in [3.05, 3.63) is 6.33 Å². The summed E-state index contributed by atoms with van der Waals surface area (Å²) in [4.78, 5) is 8.54. The van der Waals surface area contributed by atoms with Crippen LogP contribution in [0.1, 0.15) is 48.0 Å². The van der Waals surface area contributed by atoms with E-state index >= 15 is 0 Å². The highest BCUT2D eigenvalue weighted by Gasteiger charge is 2.27. The summed E-state index contributed by atoms with van der Waals surface area (Å²) in [6.07, 6.45) is 2.57. The number of anilines is 2. The third-order valence-electron chi connectivity index (χ3n) is 2.78. The zero-order valence-electron chi connectivity index (χ0n) is 13.8. The van der Waals surface area contributed by atoms with Gasteiger partial charge in [-0.05, 0) is 32.6 Å². The van der Waals surface area contributed by atoms with Crippen LogP contribution in [0.2, 0.25) is 0 Å². The predicted octanol–water partition coefficient (Wildman–Crippen LogP) is 3.54. The van der Waals surface area contributed by atoms with Gasteiger partial charge >= 0.3 is 0 Å². The Balaban J connectivity index is 2.99. The highest BCUT2D eigenvalue weighted by molar-refractivity contribution is 5.64. The molecule has 0 amide bonds. The van der Waals surface area contributed by atoms with Crippen LogP contribution in [0.25, 0.3) is 0 Å². The molecule has 0 spiro atoms. The number of aromatic nitrogens is 2. The first-order chi connectivity index (χ1) is 9.18. The molecule has 0 unspecified atom stereocenters. The molecule has 0 fully saturated rings. The largest absolute Gasteiger partial charge is 0.490 e. The van der Waals surface area contributed by atoms with E-state index in [2.05, 4.69) is 55.2 Å². The molecule has 0 aliphatic carbocycles. The molecule has 0 atom stereocenters. The monoisotopic (exact) mass is 280 g/mol. The van der Waals surface area contributed by atoms with Crippen molar-refractivity contribution in [3.63, 3.8) is 0 Å². The quantitative estimate of drug-likeness (QED) is 0.834. The van der Waals surface area contributed by atoms with Gasteiger partial charge in [0.25, 0.3) is 0 Å². The van der Waals surface area contributed by atoms with Gasteiger partial charge in [-0.2, -0.15) is 0 Å². The normalized spacial score (nSPS) is 12.2. The Morgan fingerprint density at radius 1 is 1.10 bits per heavy atom. The summed E-state index contributed by atoms with van der Waals surface area (Å²) >= 11 is 0. The Labute approximate surface area is 122 Å². The first kappa shape index (κ1) is 16.5. The predicted molar refractivity (Wildman–Crippen MR) is 84.5 cm³/mol. The minimum Gasteiger partial charge on any atom is -0.490 e. The van der Waals surface area contributed by atoms with Crippen LogP contribution in [0.4, 0.5) is 11.6 Å². The average Bonchev–Trinajstić information content (AvgIpc) is 2.25. The molecule has 1 rings (SSSR count). The second-order valence-corrected chi connectivity index (χ2v) is 6.88. The maximum atomic E-state index is 5.46. The standard InChI is InChI=1S/C15H28N4O/c1-8-16-12-11(20-7)13(18-10-17-12)19-15(5,6)9-14(2,3)4/h10H,8-9H2,1-7H3,(H2,16,17,18,19). The highest BCUT2D eigenvalue weighted by atomic mass is 16.5. The lowest BCUT2D eigenvalue weighted by atomic mass is 9.82. The molecule has 5 heteroatoms. The van der Waals surface area contributed by atoms with Crippen LogP contribution in [0.3, 0.4) is 0 Å². The Kier molecular flexibility index (Phi) is 5.20. The van der Waals surface area contributed by atoms with E-state index in [1.807, 2.05) is 6.92 Å². The number of methoxy groups -OCH3 is 1. The molecule has 1 heterocycles. The molecule has 114 valence electrons. The van der Waals surface area contributed by atoms with Gasteiger partial charge < -0.3 is 15.4 Å². The molecule has 1 aromatic heterocycles. The SMILES string of the molecule is CCNc1ncnc(NC(C)(C)CC(C)(C)C)c1OC. The Morgan fingerprint density at radius 3 is 2.20 bits per heavy atom. The number of hydrogen-bond acceptors (Lipinski definition) is 5. The summed E-state index contributed by atoms with van der Waals surface area (Å²) < 4.78 is 5.46. The minimum absolute atomic E-state index is 0.0800. The van der Waals surface area contributed by atoms with E-state index in [9.17, 15) is 0 Å². The van der Waals surface area contributed by atoms with Gasteiger partial charge in [0.2, 0.25) is 5.75 Å². The van der Waals surface area contributed by atoms with Crippen molar-refractivity contribution in [2.45, 2.75) is 53.5 Å². The smallest absolute Gasteiger partial charge is 0.204 e. The van der Waals surface area contributed by atoms with Crippen molar-refractivity contribution < 1.29 is 4.74 Å². The van der Waals surface area contributed by atoms with Gasteiger partial charge in [0.05, 0.1) is 7.11 Å². The van der Waals surface area contributed by atoms with Crippen LogP contribution in [-0.2, 0) is 0 Å². The molecule has 0 aliphatic rings. The molecule has 20 heavy (non-hydrogen) atoms. The Hall–Kier alpha value is -1.52. The zero-order chi connectivity index (χ0) is 15.4. The van der Waals surface area contributed by atoms with Crippen LogP contribution in [0.5, 0.6) is 5.75 Å². The number of nitrogens with one attached hydrogen (secondary N) is 2. The van der Waals surface area contributed by atoms with Gasteiger partial charge in [0, 0.05) is 12.1 Å². The number of rotatable bonds is 6. The van der Waals surface area contributed by atoms with E-state index in [4.69, 9.17) is 4.74 Å². The third kappa shape index (κ3) is 4.87. The fourth-order valence-electron chi connectivity index (χ4n) is 2.64. The minimum atomic E-state index is -0.0800. The number of ether oxygens (including phenoxy) is 1. The van der Waals surface area contributed by atoms with Gasteiger partial charge in [-0.25, -0.2) is 9.97 Å². The lowest BCUT2D eigenvalue weighted by molar-refractivity contribution is 0.301. The number of nitrogens with zero attached hydrogens (tertiary/aromatic N) is 2. The maximum absolute atomic E-state index is 5.46. The second kappa shape index (κ2) is 6.29. The summed E-state index contributed by atoms with van der Waals surface area (Å²) in [5.74, 6) is 2.11. The van der Waals surface area contributed by atoms with Gasteiger partial charge in [0.1, 0.15) is 6.33 Å². The van der Waals surface area contributed by atoms with Crippen LogP contribution in [0.15, 0.2) is 6.33 Å². The zero-order valence-corrected chi connectivity index (χ0v) is 13.8. The Morgan fingerprint density at radius 2 is 1.70 bits per heavy atom. The first-order valence-corrected chi connectivity index (χ1v) is 7.09. The summed E-state index contributed by atoms with van der Waals surface area (Å²) in [6.45, 7) is 13.9. The lowest BCUT2D eigenvalue weighted by Gasteiger charge is -2.34. The molecule has 1 aromatic rings. The maximum Gasteiger partial charge on any atom is 0.204 e. The molecular formula is C15H28N4O. The molecule has 0 aliphatic heterocycles. The van der Waals surface area contributed by atoms with Gasteiger partial charge in [-0.15, -0.1) is 0 Å². The summed E-state index contributed by atoms with van der Waals surface area (Å²) in [7, 11) is 1.64. The molecule has 0 radical (unpaired) electrons. The van der Waals surface area contributed by atoms with Crippen LogP contribution in [-0.4, -0.2) is 29.2 Å². The van der Waals surface area contributed by atoms with E-state index in [-0.39, 0.29) is 11.0 Å². The van der Waals surface area contributed by atoms with Gasteiger partial charge in [-0.1, -0.05) is 20.8 Å². The van der Waals surface area contributed by atoms with E-state index in [0.29, 0.717) is 5.75 Å². The molecule has 0 aromatic carbocycles. The third-order valence-corrected chi connectivity index (χ3v) is 2.78. The highest BCUT2D eigenvalue weighted by Crippen LogP contribution is 2.34. The van der Waals surface area contributed by atoms with Crippen molar-refractivity contribution in [1.29, 1.82) is 0 Å². The van der Waals surface area contributed by atoms with Crippen LogP contribution >= 0.6 is 0 Å². The fourth-order valence-corrected chi connectivity index (χ4v) is 2.64. The molecule has 0 saturated carbocycles. The van der Waals surface area contributed by atoms with Crippen molar-refractivity contribution in [3.8, 4) is 5.75 Å². The summed E-state index contributed by atoms with van der Waals surface area (Å²) in [6, 6.07) is 0. The molecule has 2 N–H and O–H groups in total. The molecule has 0 saturated heterocycles. The number of hydrogen-bond donors (Lipinski definition) is 2. The van der Waals surface area contributed by atoms with E-state index in [0.717, 1.165) is 24.6 Å². The van der Waals surface area contributed by atoms with Crippen LogP contribution < -0.4 is 15.4 Å². The van der Waals surface area contributed by atoms with Crippen LogP contribution in [0, 0.1) is 5.41 Å². The average molecular weight is 280 g/mol. The van der Waals surface area contributed by atoms with E-state index in [1.54, 1.807) is 13.4 Å². The van der Waals surface area contributed by atoms with Crippen molar-refractivity contribution in [2.75, 3.05) is 24.3 Å². The second-order valence-electron chi connectivity index (χ2n) is 6.88. The van der Waals surface area contributed by atoms with Gasteiger partial charge in [-0.3, -0.25) is 0 Å². The molecule has 0 bridgehead atoms. The first-order valence-electron chi connectivity index (χ1n) is 7.09. The molecule has 5 nitrogen and oxygen atoms in total. The van der Waals surface area contributed by atoms with Crippen molar-refractivity contribution >= 4 is 11.6 Å². The van der Waals surface area contributed by atoms with E-state index in [1.165, 1.54) is 0 Å². The molecular weight excluding hydrogens is 252 g/mol. The fraction of sp³-hybridized carbons (Fsp3) is 0.733. The van der Waals surface area contributed by atoms with E-state index < -0.39 is 0 Å². The Bertz CT molecular complexity index is 438. The van der Waals surface area contributed by atoms with Crippen molar-refractivity contribution in [2.24, 2.45) is 5.41 Å². The summed E-state index contributed by atoms with van der Waals surface area (Å²) in [5, 5.41) is 6.66. The lowest BCUT2D eigenvalue weighted by Crippen LogP contribution is -2.36.